The molecule has 0 bridgehead atoms. The van der Waals surface area contributed by atoms with E-state index in [1.54, 1.807) is 7.05 Å². The van der Waals surface area contributed by atoms with Crippen molar-refractivity contribution in [2.45, 2.75) is 38.0 Å². The standard InChI is InChI=1S/C15H23N3/c1-17-15(16)18(2)14-10-8-13(9-11-14)12-6-4-3-5-7-12/h8-12H,3-7H2,1-2H3,(H2,16,17). The predicted octanol–water partition coefficient (Wildman–Crippen LogP) is 3.12. The molecule has 1 aliphatic rings. The molecule has 0 spiro atoms. The molecule has 1 aromatic carbocycles. The lowest BCUT2D eigenvalue weighted by Crippen LogP contribution is -2.33. The number of hydrogen-bond donors (Lipinski definition) is 1. The molecule has 2 rings (SSSR count). The normalized spacial score (nSPS) is 17.8. The van der Waals surface area contributed by atoms with Crippen LogP contribution in [0.5, 0.6) is 0 Å². The number of hydrogen-bond acceptors (Lipinski definition) is 1. The molecule has 0 radical (unpaired) electrons. The molecule has 0 atom stereocenters. The molecular weight excluding hydrogens is 222 g/mol. The Labute approximate surface area is 110 Å². The molecule has 98 valence electrons. The Bertz CT molecular complexity index is 402. The molecule has 0 unspecified atom stereocenters. The van der Waals surface area contributed by atoms with Gasteiger partial charge in [-0.3, -0.25) is 4.99 Å². The minimum absolute atomic E-state index is 0.542. The summed E-state index contributed by atoms with van der Waals surface area (Å²) in [6.45, 7) is 0. The highest BCUT2D eigenvalue weighted by molar-refractivity contribution is 5.94. The third-order valence-electron chi connectivity index (χ3n) is 3.93. The quantitative estimate of drug-likeness (QED) is 0.642. The van der Waals surface area contributed by atoms with E-state index in [4.69, 9.17) is 5.73 Å². The highest BCUT2D eigenvalue weighted by Gasteiger charge is 2.15. The Hall–Kier alpha value is -1.51. The second-order valence-electron chi connectivity index (χ2n) is 5.07. The van der Waals surface area contributed by atoms with Crippen LogP contribution in [0.1, 0.15) is 43.6 Å². The fraction of sp³-hybridized carbons (Fsp3) is 0.533. The molecule has 0 saturated heterocycles. The summed E-state index contributed by atoms with van der Waals surface area (Å²) >= 11 is 0. The summed E-state index contributed by atoms with van der Waals surface area (Å²) in [5.74, 6) is 1.30. The van der Waals surface area contributed by atoms with Gasteiger partial charge in [0.2, 0.25) is 0 Å². The summed E-state index contributed by atoms with van der Waals surface area (Å²) in [6, 6.07) is 8.76. The Balaban J connectivity index is 2.09. The molecule has 1 saturated carbocycles. The SMILES string of the molecule is CN=C(N)N(C)c1ccc(C2CCCCC2)cc1. The molecule has 1 aliphatic carbocycles. The van der Waals surface area contributed by atoms with Crippen molar-refractivity contribution < 1.29 is 0 Å². The second-order valence-corrected chi connectivity index (χ2v) is 5.07. The summed E-state index contributed by atoms with van der Waals surface area (Å²) in [6.07, 6.45) is 6.84. The van der Waals surface area contributed by atoms with Gasteiger partial charge in [0, 0.05) is 19.8 Å². The van der Waals surface area contributed by atoms with Crippen LogP contribution in [0.25, 0.3) is 0 Å². The highest BCUT2D eigenvalue weighted by Crippen LogP contribution is 2.33. The van der Waals surface area contributed by atoms with Crippen molar-refractivity contribution in [1.82, 2.24) is 0 Å². The fourth-order valence-corrected chi connectivity index (χ4v) is 2.69. The van der Waals surface area contributed by atoms with Gasteiger partial charge in [-0.2, -0.15) is 0 Å². The van der Waals surface area contributed by atoms with Gasteiger partial charge in [-0.05, 0) is 36.5 Å². The average Bonchev–Trinajstić information content (AvgIpc) is 2.47. The van der Waals surface area contributed by atoms with Crippen molar-refractivity contribution in [3.05, 3.63) is 29.8 Å². The number of aliphatic imine (C=N–C) groups is 1. The van der Waals surface area contributed by atoms with E-state index in [0.29, 0.717) is 5.96 Å². The molecule has 3 nitrogen and oxygen atoms in total. The Morgan fingerprint density at radius 3 is 2.33 bits per heavy atom. The van der Waals surface area contributed by atoms with Crippen molar-refractivity contribution in [2.24, 2.45) is 10.7 Å². The van der Waals surface area contributed by atoms with E-state index < -0.39 is 0 Å². The third-order valence-corrected chi connectivity index (χ3v) is 3.93. The molecule has 3 heteroatoms. The van der Waals surface area contributed by atoms with Crippen LogP contribution >= 0.6 is 0 Å². The highest BCUT2D eigenvalue weighted by atomic mass is 15.2. The lowest BCUT2D eigenvalue weighted by molar-refractivity contribution is 0.443. The van der Waals surface area contributed by atoms with Crippen molar-refractivity contribution in [2.75, 3.05) is 19.0 Å². The van der Waals surface area contributed by atoms with Gasteiger partial charge >= 0.3 is 0 Å². The first-order chi connectivity index (χ1) is 8.72. The van der Waals surface area contributed by atoms with Crippen LogP contribution in [-0.4, -0.2) is 20.1 Å². The van der Waals surface area contributed by atoms with Crippen LogP contribution in [0.3, 0.4) is 0 Å². The largest absolute Gasteiger partial charge is 0.370 e. The van der Waals surface area contributed by atoms with E-state index in [2.05, 4.69) is 29.3 Å². The van der Waals surface area contributed by atoms with E-state index in [0.717, 1.165) is 11.6 Å². The molecule has 0 aromatic heterocycles. The monoisotopic (exact) mass is 245 g/mol. The van der Waals surface area contributed by atoms with Crippen LogP contribution < -0.4 is 10.6 Å². The second kappa shape index (κ2) is 5.89. The maximum Gasteiger partial charge on any atom is 0.195 e. The molecule has 1 fully saturated rings. The Kier molecular flexibility index (Phi) is 4.24. The summed E-state index contributed by atoms with van der Waals surface area (Å²) < 4.78 is 0. The van der Waals surface area contributed by atoms with Gasteiger partial charge in [-0.1, -0.05) is 31.4 Å². The Morgan fingerprint density at radius 1 is 1.17 bits per heavy atom. The average molecular weight is 245 g/mol. The van der Waals surface area contributed by atoms with Crippen LogP contribution in [0, 0.1) is 0 Å². The summed E-state index contributed by atoms with van der Waals surface area (Å²) in [5.41, 5.74) is 8.37. The first kappa shape index (κ1) is 12.9. The van der Waals surface area contributed by atoms with E-state index in [1.807, 2.05) is 11.9 Å². The van der Waals surface area contributed by atoms with Crippen molar-refractivity contribution >= 4 is 11.6 Å². The number of guanidine groups is 1. The minimum Gasteiger partial charge on any atom is -0.370 e. The van der Waals surface area contributed by atoms with Crippen molar-refractivity contribution in [1.29, 1.82) is 0 Å². The van der Waals surface area contributed by atoms with Crippen LogP contribution in [0.2, 0.25) is 0 Å². The van der Waals surface area contributed by atoms with Crippen molar-refractivity contribution in [3.8, 4) is 0 Å². The summed E-state index contributed by atoms with van der Waals surface area (Å²) in [4.78, 5) is 5.90. The van der Waals surface area contributed by atoms with Gasteiger partial charge in [0.05, 0.1) is 0 Å². The fourth-order valence-electron chi connectivity index (χ4n) is 2.69. The van der Waals surface area contributed by atoms with Crippen LogP contribution in [0.4, 0.5) is 5.69 Å². The van der Waals surface area contributed by atoms with E-state index >= 15 is 0 Å². The van der Waals surface area contributed by atoms with Crippen LogP contribution in [-0.2, 0) is 0 Å². The molecule has 2 N–H and O–H groups in total. The number of nitrogens with zero attached hydrogens (tertiary/aromatic N) is 2. The molecule has 0 amide bonds. The number of anilines is 1. The maximum absolute atomic E-state index is 5.81. The summed E-state index contributed by atoms with van der Waals surface area (Å²) in [7, 11) is 3.65. The van der Waals surface area contributed by atoms with Gasteiger partial charge in [0.15, 0.2) is 5.96 Å². The maximum atomic E-state index is 5.81. The number of rotatable bonds is 2. The molecule has 0 heterocycles. The molecular formula is C15H23N3. The van der Waals surface area contributed by atoms with Gasteiger partial charge in [-0.25, -0.2) is 0 Å². The summed E-state index contributed by atoms with van der Waals surface area (Å²) in [5, 5.41) is 0. The zero-order valence-corrected chi connectivity index (χ0v) is 11.4. The molecule has 18 heavy (non-hydrogen) atoms. The third kappa shape index (κ3) is 2.84. The minimum atomic E-state index is 0.542. The lowest BCUT2D eigenvalue weighted by Gasteiger charge is -2.23. The zero-order chi connectivity index (χ0) is 13.0. The zero-order valence-electron chi connectivity index (χ0n) is 11.4. The van der Waals surface area contributed by atoms with Crippen LogP contribution in [0.15, 0.2) is 29.3 Å². The predicted molar refractivity (Wildman–Crippen MR) is 78.2 cm³/mol. The van der Waals surface area contributed by atoms with Gasteiger partial charge in [0.1, 0.15) is 0 Å². The van der Waals surface area contributed by atoms with Crippen molar-refractivity contribution in [3.63, 3.8) is 0 Å². The van der Waals surface area contributed by atoms with Gasteiger partial charge in [-0.15, -0.1) is 0 Å². The van der Waals surface area contributed by atoms with E-state index in [9.17, 15) is 0 Å². The number of benzene rings is 1. The lowest BCUT2D eigenvalue weighted by atomic mass is 9.84. The molecule has 0 aliphatic heterocycles. The van der Waals surface area contributed by atoms with E-state index in [1.165, 1.54) is 37.7 Å². The number of nitrogens with two attached hydrogens (primary N) is 1. The van der Waals surface area contributed by atoms with E-state index in [-0.39, 0.29) is 0 Å². The first-order valence-corrected chi connectivity index (χ1v) is 6.78. The smallest absolute Gasteiger partial charge is 0.195 e. The van der Waals surface area contributed by atoms with Gasteiger partial charge < -0.3 is 10.6 Å². The first-order valence-electron chi connectivity index (χ1n) is 6.78. The molecule has 1 aromatic rings. The van der Waals surface area contributed by atoms with Gasteiger partial charge in [0.25, 0.3) is 0 Å². The Morgan fingerprint density at radius 2 is 1.78 bits per heavy atom. The topological polar surface area (TPSA) is 41.6 Å².